The molecular formula is C17H21N5O7. The van der Waals surface area contributed by atoms with E-state index < -0.39 is 42.5 Å². The number of rotatable bonds is 7. The molecule has 2 aromatic rings. The zero-order valence-corrected chi connectivity index (χ0v) is 15.2. The molecule has 29 heavy (non-hydrogen) atoms. The number of amides is 1. The molecule has 1 aromatic heterocycles. The van der Waals surface area contributed by atoms with Crippen LogP contribution in [0.15, 0.2) is 30.6 Å². The lowest BCUT2D eigenvalue weighted by molar-refractivity contribution is -0.151. The maximum Gasteiger partial charge on any atom is 0.323 e. The monoisotopic (exact) mass is 407 g/mol. The molecule has 0 spiro atoms. The highest BCUT2D eigenvalue weighted by Crippen LogP contribution is 2.29. The molecule has 1 fully saturated rings. The van der Waals surface area contributed by atoms with Crippen molar-refractivity contribution in [1.82, 2.24) is 14.8 Å². The third-order valence-corrected chi connectivity index (χ3v) is 4.41. The predicted octanol–water partition coefficient (Wildman–Crippen LogP) is -2.18. The summed E-state index contributed by atoms with van der Waals surface area (Å²) in [4.78, 5) is 26.9. The molecule has 5 atom stereocenters. The number of carbonyl (C=O) groups excluding carboxylic acids is 2. The highest BCUT2D eigenvalue weighted by atomic mass is 16.6. The van der Waals surface area contributed by atoms with E-state index in [4.69, 9.17) is 20.9 Å². The summed E-state index contributed by atoms with van der Waals surface area (Å²) in [6.07, 6.45) is -3.63. The topological polar surface area (TPSA) is 196 Å². The van der Waals surface area contributed by atoms with Crippen LogP contribution in [0.25, 0.3) is 0 Å². The summed E-state index contributed by atoms with van der Waals surface area (Å²) >= 11 is 0. The Hall–Kier alpha value is -3.06. The van der Waals surface area contributed by atoms with Crippen molar-refractivity contribution in [2.24, 2.45) is 11.5 Å². The summed E-state index contributed by atoms with van der Waals surface area (Å²) in [6.45, 7) is -0.353. The van der Waals surface area contributed by atoms with Crippen LogP contribution in [0.5, 0.6) is 5.75 Å². The standard InChI is InChI=1S/C17H21N5O7/c18-10(5-8-1-3-9(23)4-2-8)17(27)28-6-11-12(24)13(25)16(29-11)22-7-20-15(21-22)14(19)26/h1-4,7,10-13,16,23-25H,5-6,18H2,(H2,19,26)/t10-,11-,12-,13-,16-/m1/s1. The van der Waals surface area contributed by atoms with Crippen LogP contribution < -0.4 is 11.5 Å². The molecule has 0 bridgehead atoms. The van der Waals surface area contributed by atoms with Crippen LogP contribution in [-0.2, 0) is 20.7 Å². The van der Waals surface area contributed by atoms with E-state index in [2.05, 4.69) is 10.1 Å². The highest BCUT2D eigenvalue weighted by molar-refractivity contribution is 5.88. The van der Waals surface area contributed by atoms with Gasteiger partial charge in [0.05, 0.1) is 0 Å². The van der Waals surface area contributed by atoms with Gasteiger partial charge in [-0.1, -0.05) is 12.1 Å². The summed E-state index contributed by atoms with van der Waals surface area (Å²) in [7, 11) is 0. The van der Waals surface area contributed by atoms with Gasteiger partial charge in [0.15, 0.2) is 6.23 Å². The van der Waals surface area contributed by atoms with Crippen molar-refractivity contribution in [3.8, 4) is 5.75 Å². The largest absolute Gasteiger partial charge is 0.508 e. The SMILES string of the molecule is NC(=O)c1ncn([C@@H]2O[C@H](COC(=O)[C@H](N)Cc3ccc(O)cc3)[C@@H](O)[C@H]2O)n1. The Kier molecular flexibility index (Phi) is 6.08. The number of nitrogens with two attached hydrogens (primary N) is 2. The molecule has 7 N–H and O–H groups in total. The van der Waals surface area contributed by atoms with Crippen LogP contribution in [0.1, 0.15) is 22.4 Å². The van der Waals surface area contributed by atoms with E-state index in [-0.39, 0.29) is 24.6 Å². The van der Waals surface area contributed by atoms with Crippen molar-refractivity contribution >= 4 is 11.9 Å². The molecule has 0 saturated carbocycles. The summed E-state index contributed by atoms with van der Waals surface area (Å²) < 4.78 is 11.6. The summed E-state index contributed by atoms with van der Waals surface area (Å²) in [5, 5.41) is 33.3. The lowest BCUT2D eigenvalue weighted by Gasteiger charge is -2.17. The number of nitrogens with zero attached hydrogens (tertiary/aromatic N) is 3. The van der Waals surface area contributed by atoms with Crippen molar-refractivity contribution in [2.45, 2.75) is 37.0 Å². The van der Waals surface area contributed by atoms with Crippen LogP contribution in [0.2, 0.25) is 0 Å². The van der Waals surface area contributed by atoms with Crippen molar-refractivity contribution in [3.63, 3.8) is 0 Å². The van der Waals surface area contributed by atoms with E-state index in [1.807, 2.05) is 0 Å². The Bertz CT molecular complexity index is 871. The Balaban J connectivity index is 1.54. The van der Waals surface area contributed by atoms with Crippen molar-refractivity contribution in [2.75, 3.05) is 6.61 Å². The molecule has 3 rings (SSSR count). The van der Waals surface area contributed by atoms with Gasteiger partial charge in [-0.15, -0.1) is 5.10 Å². The number of phenols is 1. The third kappa shape index (κ3) is 4.68. The first-order valence-corrected chi connectivity index (χ1v) is 8.69. The van der Waals surface area contributed by atoms with Crippen molar-refractivity contribution in [1.29, 1.82) is 0 Å². The lowest BCUT2D eigenvalue weighted by atomic mass is 10.1. The number of benzene rings is 1. The fourth-order valence-corrected chi connectivity index (χ4v) is 2.84. The Morgan fingerprint density at radius 3 is 2.55 bits per heavy atom. The van der Waals surface area contributed by atoms with Gasteiger partial charge in [-0.25, -0.2) is 9.67 Å². The van der Waals surface area contributed by atoms with Gasteiger partial charge in [0.2, 0.25) is 5.82 Å². The second-order valence-corrected chi connectivity index (χ2v) is 6.57. The van der Waals surface area contributed by atoms with E-state index in [0.29, 0.717) is 0 Å². The number of aromatic nitrogens is 3. The molecule has 12 nitrogen and oxygen atoms in total. The number of ether oxygens (including phenoxy) is 2. The summed E-state index contributed by atoms with van der Waals surface area (Å²) in [6, 6.07) is 5.25. The van der Waals surface area contributed by atoms with Gasteiger partial charge in [-0.3, -0.25) is 9.59 Å². The van der Waals surface area contributed by atoms with Gasteiger partial charge in [0.25, 0.3) is 5.91 Å². The maximum atomic E-state index is 12.1. The van der Waals surface area contributed by atoms with Gasteiger partial charge in [-0.2, -0.15) is 0 Å². The number of carbonyl (C=O) groups is 2. The number of esters is 1. The van der Waals surface area contributed by atoms with Crippen molar-refractivity contribution in [3.05, 3.63) is 42.0 Å². The van der Waals surface area contributed by atoms with Gasteiger partial charge >= 0.3 is 5.97 Å². The Labute approximate surface area is 164 Å². The van der Waals surface area contributed by atoms with E-state index in [0.717, 1.165) is 16.6 Å². The van der Waals surface area contributed by atoms with Crippen molar-refractivity contribution < 1.29 is 34.4 Å². The van der Waals surface area contributed by atoms with Crippen LogP contribution in [0.3, 0.4) is 0 Å². The number of aliphatic hydroxyl groups is 2. The number of aliphatic hydroxyl groups excluding tert-OH is 2. The second kappa shape index (κ2) is 8.53. The highest BCUT2D eigenvalue weighted by Gasteiger charge is 2.45. The van der Waals surface area contributed by atoms with Crippen LogP contribution >= 0.6 is 0 Å². The first-order chi connectivity index (χ1) is 13.8. The molecule has 1 aromatic carbocycles. The molecule has 0 unspecified atom stereocenters. The van der Waals surface area contributed by atoms with Gasteiger partial charge in [0.1, 0.15) is 43.0 Å². The number of phenolic OH excluding ortho intramolecular Hbond substituents is 1. The van der Waals surface area contributed by atoms with Crippen LogP contribution in [0.4, 0.5) is 0 Å². The van der Waals surface area contributed by atoms with Crippen LogP contribution in [-0.4, -0.2) is 72.9 Å². The molecule has 1 amide bonds. The summed E-state index contributed by atoms with van der Waals surface area (Å²) in [5.41, 5.74) is 11.6. The molecule has 0 aliphatic carbocycles. The lowest BCUT2D eigenvalue weighted by Crippen LogP contribution is -2.38. The van der Waals surface area contributed by atoms with E-state index in [1.54, 1.807) is 12.1 Å². The average molecular weight is 407 g/mol. The Morgan fingerprint density at radius 1 is 1.24 bits per heavy atom. The number of hydrogen-bond acceptors (Lipinski definition) is 10. The predicted molar refractivity (Wildman–Crippen MR) is 95.2 cm³/mol. The maximum absolute atomic E-state index is 12.1. The quantitative estimate of drug-likeness (QED) is 0.315. The zero-order valence-electron chi connectivity index (χ0n) is 15.2. The van der Waals surface area contributed by atoms with E-state index in [9.17, 15) is 24.9 Å². The molecular weight excluding hydrogens is 386 g/mol. The fraction of sp³-hybridized carbons (Fsp3) is 0.412. The molecule has 156 valence electrons. The molecule has 1 aliphatic rings. The minimum Gasteiger partial charge on any atom is -0.508 e. The molecule has 2 heterocycles. The van der Waals surface area contributed by atoms with Gasteiger partial charge in [0, 0.05) is 0 Å². The minimum atomic E-state index is -1.40. The van der Waals surface area contributed by atoms with Gasteiger partial charge in [-0.05, 0) is 24.1 Å². The second-order valence-electron chi connectivity index (χ2n) is 6.57. The smallest absolute Gasteiger partial charge is 0.323 e. The van der Waals surface area contributed by atoms with Gasteiger partial charge < -0.3 is 36.3 Å². The molecule has 1 saturated heterocycles. The molecule has 1 aliphatic heterocycles. The Morgan fingerprint density at radius 2 is 1.93 bits per heavy atom. The number of primary amides is 1. The van der Waals surface area contributed by atoms with E-state index in [1.165, 1.54) is 12.1 Å². The first-order valence-electron chi connectivity index (χ1n) is 8.69. The third-order valence-electron chi connectivity index (χ3n) is 4.41. The minimum absolute atomic E-state index is 0.0979. The number of aromatic hydroxyl groups is 1. The summed E-state index contributed by atoms with van der Waals surface area (Å²) in [5.74, 6) is -1.75. The fourth-order valence-electron chi connectivity index (χ4n) is 2.84. The molecule has 12 heteroatoms. The molecule has 0 radical (unpaired) electrons. The number of hydrogen-bond donors (Lipinski definition) is 5. The van der Waals surface area contributed by atoms with E-state index >= 15 is 0 Å². The van der Waals surface area contributed by atoms with Crippen LogP contribution in [0, 0.1) is 0 Å². The average Bonchev–Trinajstić information content (AvgIpc) is 3.28. The zero-order chi connectivity index (χ0) is 21.1. The first kappa shape index (κ1) is 20.7. The normalized spacial score (nSPS) is 24.9.